The van der Waals surface area contributed by atoms with Crippen molar-refractivity contribution < 1.29 is 14.3 Å². The van der Waals surface area contributed by atoms with E-state index in [0.29, 0.717) is 24.7 Å². The Bertz CT molecular complexity index is 1250. The third-order valence-electron chi connectivity index (χ3n) is 7.58. The van der Waals surface area contributed by atoms with Gasteiger partial charge >= 0.3 is 6.09 Å². The van der Waals surface area contributed by atoms with Crippen LogP contribution in [0.5, 0.6) is 0 Å². The molecule has 2 aromatic carbocycles. The van der Waals surface area contributed by atoms with Crippen molar-refractivity contribution in [3.05, 3.63) is 65.2 Å². The van der Waals surface area contributed by atoms with Crippen molar-refractivity contribution in [2.75, 3.05) is 42.9 Å². The predicted octanol–water partition coefficient (Wildman–Crippen LogP) is 6.55. The number of carbonyl (C=O) groups excluding carboxylic acids is 2. The molecule has 1 atom stereocenters. The summed E-state index contributed by atoms with van der Waals surface area (Å²) in [6.07, 6.45) is 3.92. The lowest BCUT2D eigenvalue weighted by atomic mass is 9.99. The second kappa shape index (κ2) is 11.1. The van der Waals surface area contributed by atoms with Gasteiger partial charge in [0.25, 0.3) is 0 Å². The van der Waals surface area contributed by atoms with E-state index in [9.17, 15) is 9.59 Å². The zero-order valence-electron chi connectivity index (χ0n) is 23.2. The second-order valence-corrected chi connectivity index (χ2v) is 12.3. The monoisotopic (exact) mass is 550 g/mol. The van der Waals surface area contributed by atoms with E-state index < -0.39 is 5.60 Å². The van der Waals surface area contributed by atoms with Gasteiger partial charge in [0.05, 0.1) is 6.04 Å². The van der Waals surface area contributed by atoms with Gasteiger partial charge in [-0.25, -0.2) is 4.79 Å². The summed E-state index contributed by atoms with van der Waals surface area (Å²) in [5.41, 5.74) is 4.31. The number of benzene rings is 2. The quantitative estimate of drug-likeness (QED) is 0.441. The van der Waals surface area contributed by atoms with Crippen molar-refractivity contribution >= 4 is 40.7 Å². The molecule has 2 saturated heterocycles. The van der Waals surface area contributed by atoms with Crippen molar-refractivity contribution in [3.63, 3.8) is 0 Å². The summed E-state index contributed by atoms with van der Waals surface area (Å²) >= 11 is 6.40. The molecule has 0 spiro atoms. The highest BCUT2D eigenvalue weighted by Crippen LogP contribution is 2.39. The number of nitrogens with one attached hydrogen (secondary N) is 1. The number of ether oxygens (including phenoxy) is 1. The molecule has 8 heteroatoms. The average Bonchev–Trinajstić information content (AvgIpc) is 3.61. The van der Waals surface area contributed by atoms with E-state index in [1.54, 1.807) is 4.90 Å². The van der Waals surface area contributed by atoms with E-state index in [1.807, 2.05) is 51.1 Å². The number of amides is 2. The van der Waals surface area contributed by atoms with Crippen molar-refractivity contribution in [2.24, 2.45) is 5.92 Å². The Hall–Kier alpha value is -3.19. The fourth-order valence-corrected chi connectivity index (χ4v) is 5.61. The second-order valence-electron chi connectivity index (χ2n) is 11.8. The summed E-state index contributed by atoms with van der Waals surface area (Å²) in [6, 6.07) is 13.8. The fraction of sp³-hybridized carbons (Fsp3) is 0.484. The first-order valence-electron chi connectivity index (χ1n) is 14.0. The minimum absolute atomic E-state index is 0.105. The minimum atomic E-state index is -0.565. The van der Waals surface area contributed by atoms with E-state index in [0.717, 1.165) is 67.0 Å². The lowest BCUT2D eigenvalue weighted by Gasteiger charge is -2.44. The molecule has 2 aliphatic heterocycles. The molecular weight excluding hydrogens is 512 g/mol. The Kier molecular flexibility index (Phi) is 7.81. The number of rotatable bonds is 6. The van der Waals surface area contributed by atoms with Crippen LogP contribution in [0, 0.1) is 5.92 Å². The van der Waals surface area contributed by atoms with Crippen molar-refractivity contribution in [1.82, 2.24) is 9.80 Å². The molecule has 2 aromatic rings. The standard InChI is InChI=1S/C31H39ClN4O3/c1-21(26-13-12-25(33-29(37)22-10-11-22)19-27(26)34-14-5-6-15-34)36-17-16-35(30(38)39-31(2,3)4)20-28(36)23-8-7-9-24(32)18-23/h7-9,12-13,18-19,22,28H,1,5-6,10-11,14-17,20H2,2-4H3,(H,33,37). The molecule has 0 bridgehead atoms. The smallest absolute Gasteiger partial charge is 0.410 e. The van der Waals surface area contributed by atoms with Crippen LogP contribution in [0.1, 0.15) is 63.6 Å². The summed E-state index contributed by atoms with van der Waals surface area (Å²) in [5, 5.41) is 3.76. The van der Waals surface area contributed by atoms with E-state index in [4.69, 9.17) is 16.3 Å². The molecule has 5 rings (SSSR count). The van der Waals surface area contributed by atoms with Crippen molar-refractivity contribution in [3.8, 4) is 0 Å². The largest absolute Gasteiger partial charge is 0.444 e. The Morgan fingerprint density at radius 3 is 2.44 bits per heavy atom. The zero-order valence-corrected chi connectivity index (χ0v) is 24.0. The Balaban J connectivity index is 1.45. The molecule has 3 aliphatic rings. The number of anilines is 2. The minimum Gasteiger partial charge on any atom is -0.444 e. The molecule has 208 valence electrons. The summed E-state index contributed by atoms with van der Waals surface area (Å²) in [7, 11) is 0. The molecule has 1 saturated carbocycles. The highest BCUT2D eigenvalue weighted by molar-refractivity contribution is 6.30. The Morgan fingerprint density at radius 1 is 1.03 bits per heavy atom. The van der Waals surface area contributed by atoms with Crippen molar-refractivity contribution in [2.45, 2.75) is 58.1 Å². The van der Waals surface area contributed by atoms with Crippen LogP contribution in [0.2, 0.25) is 5.02 Å². The summed E-state index contributed by atoms with van der Waals surface area (Å²) < 4.78 is 5.70. The van der Waals surface area contributed by atoms with Gasteiger partial charge in [0.15, 0.2) is 0 Å². The highest BCUT2D eigenvalue weighted by atomic mass is 35.5. The normalized spacial score (nSPS) is 19.7. The van der Waals surface area contributed by atoms with Gasteiger partial charge in [0.1, 0.15) is 5.60 Å². The maximum atomic E-state index is 13.0. The first kappa shape index (κ1) is 27.4. The average molecular weight is 551 g/mol. The van der Waals surface area contributed by atoms with Gasteiger partial charge in [-0.05, 0) is 82.3 Å². The fourth-order valence-electron chi connectivity index (χ4n) is 5.42. The summed E-state index contributed by atoms with van der Waals surface area (Å²) in [4.78, 5) is 31.9. The summed E-state index contributed by atoms with van der Waals surface area (Å²) in [6.45, 7) is 13.8. The SMILES string of the molecule is C=C(c1ccc(NC(=O)C2CC2)cc1N1CCCC1)N1CCN(C(=O)OC(C)(C)C)CC1c1cccc(Cl)c1. The molecule has 39 heavy (non-hydrogen) atoms. The lowest BCUT2D eigenvalue weighted by molar-refractivity contribution is -0.117. The predicted molar refractivity (Wildman–Crippen MR) is 157 cm³/mol. The zero-order chi connectivity index (χ0) is 27.7. The van der Waals surface area contributed by atoms with Crippen LogP contribution in [0.15, 0.2) is 49.0 Å². The van der Waals surface area contributed by atoms with Gasteiger partial charge < -0.3 is 24.8 Å². The molecule has 0 aromatic heterocycles. The summed E-state index contributed by atoms with van der Waals surface area (Å²) in [5.74, 6) is 0.253. The number of hydrogen-bond acceptors (Lipinski definition) is 5. The molecule has 1 aliphatic carbocycles. The number of halogens is 1. The van der Waals surface area contributed by atoms with Gasteiger partial charge in [-0.1, -0.05) is 30.3 Å². The van der Waals surface area contributed by atoms with Gasteiger partial charge in [0.2, 0.25) is 5.91 Å². The van der Waals surface area contributed by atoms with Crippen LogP contribution in [-0.2, 0) is 9.53 Å². The van der Waals surface area contributed by atoms with Crippen LogP contribution in [-0.4, -0.2) is 60.1 Å². The number of piperazine rings is 1. The topological polar surface area (TPSA) is 65.1 Å². The molecule has 3 fully saturated rings. The van der Waals surface area contributed by atoms with Crippen LogP contribution >= 0.6 is 11.6 Å². The van der Waals surface area contributed by atoms with Crippen LogP contribution < -0.4 is 10.2 Å². The van der Waals surface area contributed by atoms with Gasteiger partial charge in [-0.3, -0.25) is 4.79 Å². The molecular formula is C31H39ClN4O3. The van der Waals surface area contributed by atoms with Gasteiger partial charge in [-0.15, -0.1) is 0 Å². The Labute approximate surface area is 236 Å². The first-order valence-corrected chi connectivity index (χ1v) is 14.4. The maximum absolute atomic E-state index is 13.0. The first-order chi connectivity index (χ1) is 18.6. The van der Waals surface area contributed by atoms with E-state index >= 15 is 0 Å². The lowest BCUT2D eigenvalue weighted by Crippen LogP contribution is -2.50. The molecule has 2 amide bonds. The third-order valence-corrected chi connectivity index (χ3v) is 7.82. The van der Waals surface area contributed by atoms with E-state index in [-0.39, 0.29) is 24.0 Å². The van der Waals surface area contributed by atoms with Crippen LogP contribution in [0.25, 0.3) is 5.70 Å². The van der Waals surface area contributed by atoms with Crippen LogP contribution in [0.4, 0.5) is 16.2 Å². The highest BCUT2D eigenvalue weighted by Gasteiger charge is 2.35. The Morgan fingerprint density at radius 2 is 1.77 bits per heavy atom. The molecule has 7 nitrogen and oxygen atoms in total. The number of nitrogens with zero attached hydrogens (tertiary/aromatic N) is 3. The molecule has 0 radical (unpaired) electrons. The van der Waals surface area contributed by atoms with E-state index in [2.05, 4.69) is 33.8 Å². The third kappa shape index (κ3) is 6.52. The van der Waals surface area contributed by atoms with Gasteiger partial charge in [0, 0.05) is 66.3 Å². The maximum Gasteiger partial charge on any atom is 0.410 e. The van der Waals surface area contributed by atoms with E-state index in [1.165, 1.54) is 0 Å². The van der Waals surface area contributed by atoms with Crippen LogP contribution in [0.3, 0.4) is 0 Å². The molecule has 2 heterocycles. The molecule has 1 unspecified atom stereocenters. The number of hydrogen-bond donors (Lipinski definition) is 1. The van der Waals surface area contributed by atoms with Gasteiger partial charge in [-0.2, -0.15) is 0 Å². The van der Waals surface area contributed by atoms with Crippen molar-refractivity contribution in [1.29, 1.82) is 0 Å². The molecule has 1 N–H and O–H groups in total. The number of carbonyl (C=O) groups is 2.